The van der Waals surface area contributed by atoms with Gasteiger partial charge in [-0.25, -0.2) is 0 Å². The standard InChI is InChI=1S/C21H24N2O4/c1-15(2)17-7-11-19(12-8-17)27-14-21(25)23-22-20(24)13-6-16-4-9-18(26-3)10-5-16/h4-13,15H,14H2,1-3H3,(H,22,24)(H,23,25). The summed E-state index contributed by atoms with van der Waals surface area (Å²) in [4.78, 5) is 23.5. The van der Waals surface area contributed by atoms with Gasteiger partial charge in [-0.05, 0) is 47.4 Å². The largest absolute Gasteiger partial charge is 0.497 e. The Bertz CT molecular complexity index is 781. The fourth-order valence-electron chi connectivity index (χ4n) is 2.19. The van der Waals surface area contributed by atoms with Gasteiger partial charge >= 0.3 is 0 Å². The molecule has 0 atom stereocenters. The first kappa shape index (κ1) is 20.0. The third-order valence-electron chi connectivity index (χ3n) is 3.78. The van der Waals surface area contributed by atoms with Crippen molar-refractivity contribution in [2.24, 2.45) is 0 Å². The average Bonchev–Trinajstić information content (AvgIpc) is 2.69. The van der Waals surface area contributed by atoms with E-state index < -0.39 is 11.8 Å². The van der Waals surface area contributed by atoms with Crippen molar-refractivity contribution in [1.82, 2.24) is 10.9 Å². The molecule has 2 amide bonds. The quantitative estimate of drug-likeness (QED) is 0.582. The van der Waals surface area contributed by atoms with E-state index in [0.29, 0.717) is 11.7 Å². The lowest BCUT2D eigenvalue weighted by molar-refractivity contribution is -0.128. The maximum Gasteiger partial charge on any atom is 0.276 e. The third kappa shape index (κ3) is 6.86. The molecule has 6 heteroatoms. The Morgan fingerprint density at radius 2 is 1.59 bits per heavy atom. The molecule has 0 saturated heterocycles. The van der Waals surface area contributed by atoms with Gasteiger partial charge in [0.25, 0.3) is 11.8 Å². The lowest BCUT2D eigenvalue weighted by atomic mass is 10.0. The second kappa shape index (κ2) is 10.0. The number of benzene rings is 2. The highest BCUT2D eigenvalue weighted by molar-refractivity contribution is 5.93. The molecule has 0 heterocycles. The number of hydrogen-bond donors (Lipinski definition) is 2. The molecule has 0 saturated carbocycles. The van der Waals surface area contributed by atoms with Crippen molar-refractivity contribution < 1.29 is 19.1 Å². The topological polar surface area (TPSA) is 76.7 Å². The summed E-state index contributed by atoms with van der Waals surface area (Å²) in [5, 5.41) is 0. The number of hydrazine groups is 1. The van der Waals surface area contributed by atoms with Gasteiger partial charge in [-0.3, -0.25) is 20.4 Å². The summed E-state index contributed by atoms with van der Waals surface area (Å²) in [6.45, 7) is 4.02. The highest BCUT2D eigenvalue weighted by Crippen LogP contribution is 2.18. The molecular formula is C21H24N2O4. The minimum atomic E-state index is -0.450. The molecule has 0 unspecified atom stereocenters. The van der Waals surface area contributed by atoms with Gasteiger partial charge < -0.3 is 9.47 Å². The fraction of sp³-hybridized carbons (Fsp3) is 0.238. The Morgan fingerprint density at radius 1 is 0.963 bits per heavy atom. The number of carbonyl (C=O) groups is 2. The summed E-state index contributed by atoms with van der Waals surface area (Å²) in [7, 11) is 1.59. The molecule has 2 N–H and O–H groups in total. The Kier molecular flexibility index (Phi) is 7.43. The van der Waals surface area contributed by atoms with Crippen molar-refractivity contribution in [2.45, 2.75) is 19.8 Å². The highest BCUT2D eigenvalue weighted by atomic mass is 16.5. The fourth-order valence-corrected chi connectivity index (χ4v) is 2.19. The second-order valence-electron chi connectivity index (χ2n) is 6.16. The molecular weight excluding hydrogens is 344 g/mol. The zero-order valence-electron chi connectivity index (χ0n) is 15.7. The molecule has 0 aliphatic heterocycles. The monoisotopic (exact) mass is 368 g/mol. The van der Waals surface area contributed by atoms with Gasteiger partial charge in [0, 0.05) is 6.08 Å². The lowest BCUT2D eigenvalue weighted by Crippen LogP contribution is -2.43. The predicted octanol–water partition coefficient (Wildman–Crippen LogP) is 3.06. The average molecular weight is 368 g/mol. The molecule has 0 spiro atoms. The maximum atomic E-state index is 11.8. The molecule has 27 heavy (non-hydrogen) atoms. The molecule has 2 aromatic rings. The van der Waals surface area contributed by atoms with E-state index in [9.17, 15) is 9.59 Å². The third-order valence-corrected chi connectivity index (χ3v) is 3.78. The van der Waals surface area contributed by atoms with Gasteiger partial charge in [0.2, 0.25) is 0 Å². The molecule has 2 aromatic carbocycles. The van der Waals surface area contributed by atoms with E-state index in [4.69, 9.17) is 9.47 Å². The van der Waals surface area contributed by atoms with E-state index in [-0.39, 0.29) is 6.61 Å². The predicted molar refractivity (Wildman–Crippen MR) is 104 cm³/mol. The van der Waals surface area contributed by atoms with Crippen LogP contribution in [0.2, 0.25) is 0 Å². The van der Waals surface area contributed by atoms with Crippen molar-refractivity contribution in [3.8, 4) is 11.5 Å². The molecule has 0 radical (unpaired) electrons. The Balaban J connectivity index is 1.72. The normalized spacial score (nSPS) is 10.7. The zero-order valence-corrected chi connectivity index (χ0v) is 15.7. The van der Waals surface area contributed by atoms with Crippen LogP contribution in [0.25, 0.3) is 6.08 Å². The Hall–Kier alpha value is -3.28. The molecule has 142 valence electrons. The van der Waals surface area contributed by atoms with Crippen molar-refractivity contribution in [3.63, 3.8) is 0 Å². The summed E-state index contributed by atoms with van der Waals surface area (Å²) < 4.78 is 10.5. The number of amides is 2. The summed E-state index contributed by atoms with van der Waals surface area (Å²) in [6, 6.07) is 14.8. The molecule has 2 rings (SSSR count). The van der Waals surface area contributed by atoms with Crippen LogP contribution in [-0.2, 0) is 9.59 Å². The van der Waals surface area contributed by atoms with Gasteiger partial charge in [-0.1, -0.05) is 38.1 Å². The van der Waals surface area contributed by atoms with E-state index in [0.717, 1.165) is 11.3 Å². The maximum absolute atomic E-state index is 11.8. The van der Waals surface area contributed by atoms with Crippen LogP contribution in [0.4, 0.5) is 0 Å². The number of hydrogen-bond acceptors (Lipinski definition) is 4. The summed E-state index contributed by atoms with van der Waals surface area (Å²) in [5.74, 6) is 0.876. The van der Waals surface area contributed by atoms with Crippen molar-refractivity contribution in [1.29, 1.82) is 0 Å². The van der Waals surface area contributed by atoms with E-state index in [1.54, 1.807) is 25.3 Å². The Morgan fingerprint density at radius 3 is 2.19 bits per heavy atom. The zero-order chi connectivity index (χ0) is 19.6. The first-order valence-electron chi connectivity index (χ1n) is 8.61. The number of nitrogens with one attached hydrogen (secondary N) is 2. The molecule has 6 nitrogen and oxygen atoms in total. The van der Waals surface area contributed by atoms with E-state index >= 15 is 0 Å². The lowest BCUT2D eigenvalue weighted by Gasteiger charge is -2.09. The van der Waals surface area contributed by atoms with Gasteiger partial charge in [-0.2, -0.15) is 0 Å². The van der Waals surface area contributed by atoms with Crippen LogP contribution in [0.1, 0.15) is 30.9 Å². The van der Waals surface area contributed by atoms with Crippen molar-refractivity contribution in [2.75, 3.05) is 13.7 Å². The smallest absolute Gasteiger partial charge is 0.276 e. The van der Waals surface area contributed by atoms with E-state index in [1.807, 2.05) is 36.4 Å². The molecule has 0 aliphatic carbocycles. The van der Waals surface area contributed by atoms with Gasteiger partial charge in [0.1, 0.15) is 11.5 Å². The van der Waals surface area contributed by atoms with Crippen LogP contribution in [-0.4, -0.2) is 25.5 Å². The number of ether oxygens (including phenoxy) is 2. The molecule has 0 aromatic heterocycles. The summed E-state index contributed by atoms with van der Waals surface area (Å²) in [5.41, 5.74) is 6.64. The van der Waals surface area contributed by atoms with Crippen molar-refractivity contribution in [3.05, 3.63) is 65.7 Å². The number of methoxy groups -OCH3 is 1. The first-order valence-corrected chi connectivity index (χ1v) is 8.61. The SMILES string of the molecule is COc1ccc(C=CC(=O)NNC(=O)COc2ccc(C(C)C)cc2)cc1. The van der Waals surface area contributed by atoms with Gasteiger partial charge in [-0.15, -0.1) is 0 Å². The first-order chi connectivity index (χ1) is 13.0. The summed E-state index contributed by atoms with van der Waals surface area (Å²) in [6.07, 6.45) is 2.96. The van der Waals surface area contributed by atoms with Crippen LogP contribution in [0, 0.1) is 0 Å². The number of rotatable bonds is 7. The van der Waals surface area contributed by atoms with E-state index in [1.165, 1.54) is 11.6 Å². The van der Waals surface area contributed by atoms with Crippen LogP contribution in [0.3, 0.4) is 0 Å². The molecule has 0 bridgehead atoms. The molecule has 0 aliphatic rings. The highest BCUT2D eigenvalue weighted by Gasteiger charge is 2.05. The second-order valence-corrected chi connectivity index (χ2v) is 6.16. The van der Waals surface area contributed by atoms with Crippen LogP contribution in [0.15, 0.2) is 54.6 Å². The summed E-state index contributed by atoms with van der Waals surface area (Å²) >= 11 is 0. The van der Waals surface area contributed by atoms with Crippen LogP contribution < -0.4 is 20.3 Å². The number of carbonyl (C=O) groups excluding carboxylic acids is 2. The van der Waals surface area contributed by atoms with Gasteiger partial charge in [0.15, 0.2) is 6.61 Å². The molecule has 0 fully saturated rings. The van der Waals surface area contributed by atoms with Gasteiger partial charge in [0.05, 0.1) is 7.11 Å². The van der Waals surface area contributed by atoms with Crippen molar-refractivity contribution >= 4 is 17.9 Å². The van der Waals surface area contributed by atoms with Crippen LogP contribution >= 0.6 is 0 Å². The minimum absolute atomic E-state index is 0.191. The minimum Gasteiger partial charge on any atom is -0.497 e. The van der Waals surface area contributed by atoms with Crippen LogP contribution in [0.5, 0.6) is 11.5 Å². The Labute approximate surface area is 159 Å². The van der Waals surface area contributed by atoms with E-state index in [2.05, 4.69) is 24.7 Å².